The summed E-state index contributed by atoms with van der Waals surface area (Å²) < 4.78 is 0. The number of amides is 1. The number of hydrogen-bond acceptors (Lipinski definition) is 5. The minimum Gasteiger partial charge on any atom is -0.481 e. The Morgan fingerprint density at radius 2 is 1.90 bits per heavy atom. The lowest BCUT2D eigenvalue weighted by Gasteiger charge is -2.34. The van der Waals surface area contributed by atoms with E-state index in [1.807, 2.05) is 6.07 Å². The molecule has 1 fully saturated rings. The summed E-state index contributed by atoms with van der Waals surface area (Å²) in [5.74, 6) is -4.39. The number of carboxylic acid groups (broad SMARTS) is 2. The van der Waals surface area contributed by atoms with Crippen LogP contribution in [0.2, 0.25) is 0 Å². The summed E-state index contributed by atoms with van der Waals surface area (Å²) in [6, 6.07) is 1.95. The molecule has 1 rings (SSSR count). The highest BCUT2D eigenvalue weighted by Gasteiger charge is 2.39. The third-order valence-electron chi connectivity index (χ3n) is 3.67. The Hall–Kier alpha value is -2.14. The second-order valence-corrected chi connectivity index (χ2v) is 5.14. The van der Waals surface area contributed by atoms with Gasteiger partial charge in [-0.05, 0) is 13.0 Å². The number of hydrogen-bond donors (Lipinski definition) is 2. The van der Waals surface area contributed by atoms with Gasteiger partial charge >= 0.3 is 11.9 Å². The van der Waals surface area contributed by atoms with Crippen molar-refractivity contribution >= 4 is 17.8 Å². The average molecular weight is 297 g/mol. The number of piperidine rings is 1. The fourth-order valence-corrected chi connectivity index (χ4v) is 2.36. The first-order valence-electron chi connectivity index (χ1n) is 6.65. The molecule has 2 unspecified atom stereocenters. The number of rotatable bonds is 6. The number of carboxylic acids is 2. The van der Waals surface area contributed by atoms with E-state index in [1.54, 1.807) is 11.9 Å². The van der Waals surface area contributed by atoms with Gasteiger partial charge in [0.25, 0.3) is 0 Å². The van der Waals surface area contributed by atoms with Gasteiger partial charge in [-0.2, -0.15) is 5.26 Å². The smallest absolute Gasteiger partial charge is 0.308 e. The zero-order chi connectivity index (χ0) is 16.0. The maximum absolute atomic E-state index is 11.9. The van der Waals surface area contributed by atoms with Gasteiger partial charge in [-0.25, -0.2) is 0 Å². The topological polar surface area (TPSA) is 122 Å². The van der Waals surface area contributed by atoms with Crippen molar-refractivity contribution in [1.82, 2.24) is 9.80 Å². The highest BCUT2D eigenvalue weighted by atomic mass is 16.4. The maximum atomic E-state index is 11.9. The van der Waals surface area contributed by atoms with Crippen molar-refractivity contribution in [2.75, 3.05) is 33.2 Å². The third kappa shape index (κ3) is 4.72. The number of nitriles is 1. The van der Waals surface area contributed by atoms with E-state index in [-0.39, 0.29) is 31.8 Å². The minimum absolute atomic E-state index is 0.0397. The largest absolute Gasteiger partial charge is 0.481 e. The van der Waals surface area contributed by atoms with Gasteiger partial charge in [0.05, 0.1) is 30.9 Å². The summed E-state index contributed by atoms with van der Waals surface area (Å²) >= 11 is 0. The van der Waals surface area contributed by atoms with Crippen LogP contribution in [0.15, 0.2) is 0 Å². The van der Waals surface area contributed by atoms with Crippen LogP contribution in [0.1, 0.15) is 12.8 Å². The van der Waals surface area contributed by atoms with Crippen LogP contribution in [0, 0.1) is 23.2 Å². The normalized spacial score (nSPS) is 22.3. The molecular weight excluding hydrogens is 278 g/mol. The monoisotopic (exact) mass is 297 g/mol. The lowest BCUT2D eigenvalue weighted by atomic mass is 9.85. The molecular formula is C13H19N3O5. The summed E-state index contributed by atoms with van der Waals surface area (Å²) in [6.45, 7) is 0.782. The quantitative estimate of drug-likeness (QED) is 0.675. The van der Waals surface area contributed by atoms with Gasteiger partial charge < -0.3 is 15.1 Å². The fourth-order valence-electron chi connectivity index (χ4n) is 2.36. The van der Waals surface area contributed by atoms with E-state index in [1.165, 1.54) is 4.90 Å². The maximum Gasteiger partial charge on any atom is 0.308 e. The molecule has 8 heteroatoms. The standard InChI is InChI=1S/C13H19N3O5/c1-15(5-2-4-14)11(17)8-16-6-3-9(12(18)19)10(7-16)13(20)21/h9-10H,2-3,5-8H2,1H3,(H,18,19)(H,20,21). The van der Waals surface area contributed by atoms with Crippen LogP contribution in [-0.2, 0) is 14.4 Å². The van der Waals surface area contributed by atoms with E-state index < -0.39 is 23.8 Å². The van der Waals surface area contributed by atoms with Gasteiger partial charge in [0.1, 0.15) is 0 Å². The number of aliphatic carboxylic acids is 2. The van der Waals surface area contributed by atoms with Gasteiger partial charge in [0.2, 0.25) is 5.91 Å². The average Bonchev–Trinajstić information content (AvgIpc) is 2.44. The summed E-state index contributed by atoms with van der Waals surface area (Å²) in [4.78, 5) is 37.2. The Balaban J connectivity index is 2.59. The first kappa shape index (κ1) is 16.9. The van der Waals surface area contributed by atoms with Crippen molar-refractivity contribution in [1.29, 1.82) is 5.26 Å². The Morgan fingerprint density at radius 1 is 1.29 bits per heavy atom. The van der Waals surface area contributed by atoms with E-state index in [4.69, 9.17) is 15.5 Å². The molecule has 0 bridgehead atoms. The molecule has 1 saturated heterocycles. The van der Waals surface area contributed by atoms with Gasteiger partial charge in [0, 0.05) is 20.1 Å². The van der Waals surface area contributed by atoms with Crippen LogP contribution < -0.4 is 0 Å². The Bertz CT molecular complexity index is 459. The zero-order valence-corrected chi connectivity index (χ0v) is 11.9. The molecule has 1 amide bonds. The third-order valence-corrected chi connectivity index (χ3v) is 3.67. The van der Waals surface area contributed by atoms with Crippen LogP contribution in [0.5, 0.6) is 0 Å². The van der Waals surface area contributed by atoms with Crippen molar-refractivity contribution < 1.29 is 24.6 Å². The number of nitrogens with zero attached hydrogens (tertiary/aromatic N) is 3. The molecule has 0 saturated carbocycles. The number of likely N-dealkylation sites (tertiary alicyclic amines) is 1. The Labute approximate surface area is 122 Å². The second-order valence-electron chi connectivity index (χ2n) is 5.14. The molecule has 0 aromatic heterocycles. The van der Waals surface area contributed by atoms with E-state index in [2.05, 4.69) is 0 Å². The summed E-state index contributed by atoms with van der Waals surface area (Å²) in [6.07, 6.45) is 0.447. The molecule has 0 spiro atoms. The Kier molecular flexibility index (Phi) is 6.11. The Morgan fingerprint density at radius 3 is 2.43 bits per heavy atom. The highest BCUT2D eigenvalue weighted by molar-refractivity contribution is 5.81. The van der Waals surface area contributed by atoms with Crippen molar-refractivity contribution in [2.45, 2.75) is 12.8 Å². The van der Waals surface area contributed by atoms with E-state index in [0.29, 0.717) is 13.1 Å². The van der Waals surface area contributed by atoms with Crippen LogP contribution in [0.25, 0.3) is 0 Å². The van der Waals surface area contributed by atoms with Crippen LogP contribution in [0.4, 0.5) is 0 Å². The number of likely N-dealkylation sites (N-methyl/N-ethyl adjacent to an activating group) is 1. The minimum atomic E-state index is -1.16. The van der Waals surface area contributed by atoms with Crippen molar-refractivity contribution in [2.24, 2.45) is 11.8 Å². The fraction of sp³-hybridized carbons (Fsp3) is 0.692. The molecule has 8 nitrogen and oxygen atoms in total. The summed E-state index contributed by atoms with van der Waals surface area (Å²) in [7, 11) is 1.58. The highest BCUT2D eigenvalue weighted by Crippen LogP contribution is 2.24. The predicted octanol–water partition coefficient (Wildman–Crippen LogP) is -0.534. The van der Waals surface area contributed by atoms with E-state index in [0.717, 1.165) is 0 Å². The molecule has 21 heavy (non-hydrogen) atoms. The van der Waals surface area contributed by atoms with Crippen LogP contribution >= 0.6 is 0 Å². The van der Waals surface area contributed by atoms with Crippen LogP contribution in [0.3, 0.4) is 0 Å². The number of carbonyl (C=O) groups is 3. The van der Waals surface area contributed by atoms with Gasteiger partial charge in [-0.15, -0.1) is 0 Å². The molecule has 2 atom stereocenters. The van der Waals surface area contributed by atoms with E-state index >= 15 is 0 Å². The van der Waals surface area contributed by atoms with Crippen molar-refractivity contribution in [3.8, 4) is 6.07 Å². The molecule has 0 aromatic rings. The van der Waals surface area contributed by atoms with Gasteiger partial charge in [0.15, 0.2) is 0 Å². The predicted molar refractivity (Wildman–Crippen MR) is 71.2 cm³/mol. The zero-order valence-electron chi connectivity index (χ0n) is 11.9. The first-order chi connectivity index (χ1) is 9.86. The molecule has 1 aliphatic rings. The second kappa shape index (κ2) is 7.59. The van der Waals surface area contributed by atoms with Gasteiger partial charge in [-0.3, -0.25) is 19.3 Å². The molecule has 1 heterocycles. The SMILES string of the molecule is CN(CCC#N)C(=O)CN1CCC(C(=O)O)C(C(=O)O)C1. The lowest BCUT2D eigenvalue weighted by molar-refractivity contribution is -0.157. The lowest BCUT2D eigenvalue weighted by Crippen LogP contribution is -2.49. The molecule has 1 aliphatic heterocycles. The first-order valence-corrected chi connectivity index (χ1v) is 6.65. The molecule has 0 aromatic carbocycles. The summed E-state index contributed by atoms with van der Waals surface area (Å²) in [5, 5.41) is 26.6. The molecule has 2 N–H and O–H groups in total. The summed E-state index contributed by atoms with van der Waals surface area (Å²) in [5.41, 5.74) is 0. The number of carbonyl (C=O) groups excluding carboxylic acids is 1. The molecule has 0 radical (unpaired) electrons. The molecule has 0 aliphatic carbocycles. The molecule has 116 valence electrons. The van der Waals surface area contributed by atoms with Crippen molar-refractivity contribution in [3.05, 3.63) is 0 Å². The van der Waals surface area contributed by atoms with E-state index in [9.17, 15) is 14.4 Å². The van der Waals surface area contributed by atoms with Crippen molar-refractivity contribution in [3.63, 3.8) is 0 Å². The van der Waals surface area contributed by atoms with Gasteiger partial charge in [-0.1, -0.05) is 0 Å². The van der Waals surface area contributed by atoms with Crippen LogP contribution in [-0.4, -0.2) is 71.1 Å².